The van der Waals surface area contributed by atoms with Crippen molar-refractivity contribution in [2.24, 2.45) is 0 Å². The highest BCUT2D eigenvalue weighted by Crippen LogP contribution is 2.40. The smallest absolute Gasteiger partial charge is 0.293 e. The summed E-state index contributed by atoms with van der Waals surface area (Å²) in [5.74, 6) is 0.493. The second-order valence-electron chi connectivity index (χ2n) is 7.84. The average Bonchev–Trinajstić information content (AvgIpc) is 3.08. The molecule has 3 aromatic carbocycles. The summed E-state index contributed by atoms with van der Waals surface area (Å²) >= 11 is 13.7. The fourth-order valence-corrected chi connectivity index (χ4v) is 4.89. The van der Waals surface area contributed by atoms with Crippen molar-refractivity contribution in [2.75, 3.05) is 6.61 Å². The number of rotatable bonds is 8. The van der Waals surface area contributed by atoms with Gasteiger partial charge in [-0.15, -0.1) is 0 Å². The molecule has 35 heavy (non-hydrogen) atoms. The molecule has 2 amide bonds. The van der Waals surface area contributed by atoms with E-state index in [0.29, 0.717) is 38.6 Å². The number of carbonyl (C=O) groups excluding carboxylic acids is 2. The van der Waals surface area contributed by atoms with E-state index in [1.54, 1.807) is 24.3 Å². The van der Waals surface area contributed by atoms with Gasteiger partial charge in [0, 0.05) is 10.6 Å². The van der Waals surface area contributed by atoms with E-state index in [1.165, 1.54) is 4.90 Å². The molecule has 0 aromatic heterocycles. The molecule has 0 saturated carbocycles. The normalized spacial score (nSPS) is 14.6. The van der Waals surface area contributed by atoms with Gasteiger partial charge in [-0.2, -0.15) is 0 Å². The summed E-state index contributed by atoms with van der Waals surface area (Å²) in [5.41, 5.74) is 3.40. The van der Waals surface area contributed by atoms with E-state index >= 15 is 0 Å². The summed E-state index contributed by atoms with van der Waals surface area (Å²) in [6, 6.07) is 18.5. The summed E-state index contributed by atoms with van der Waals surface area (Å²) in [5, 5.41) is 0.619. The predicted molar refractivity (Wildman–Crippen MR) is 141 cm³/mol. The van der Waals surface area contributed by atoms with Crippen molar-refractivity contribution < 1.29 is 19.1 Å². The number of ether oxygens (including phenoxy) is 2. The van der Waals surface area contributed by atoms with Crippen LogP contribution in [0.5, 0.6) is 11.5 Å². The average molecular weight is 528 g/mol. The molecule has 1 heterocycles. The van der Waals surface area contributed by atoms with Gasteiger partial charge in [0.1, 0.15) is 6.61 Å². The van der Waals surface area contributed by atoms with E-state index < -0.39 is 0 Å². The number of carbonyl (C=O) groups is 2. The zero-order chi connectivity index (χ0) is 24.9. The van der Waals surface area contributed by atoms with Gasteiger partial charge in [-0.1, -0.05) is 65.7 Å². The molecule has 0 atom stereocenters. The molecule has 0 radical (unpaired) electrons. The maximum Gasteiger partial charge on any atom is 0.293 e. The highest BCUT2D eigenvalue weighted by atomic mass is 35.5. The van der Waals surface area contributed by atoms with Crippen LogP contribution in [0.15, 0.2) is 65.6 Å². The van der Waals surface area contributed by atoms with Crippen LogP contribution in [0.3, 0.4) is 0 Å². The molecule has 0 bridgehead atoms. The Bertz CT molecular complexity index is 1310. The van der Waals surface area contributed by atoms with Gasteiger partial charge in [0.25, 0.3) is 11.1 Å². The molecule has 4 rings (SSSR count). The van der Waals surface area contributed by atoms with Gasteiger partial charge in [0.05, 0.1) is 23.1 Å². The number of halogens is 2. The standard InChI is InChI=1S/C27H23Cl2NO4S/c1-3-33-23-13-18(12-22(29)25(23)34-16-20-10-6-7-11-21(20)28)14-24-26(31)30(27(32)35-24)15-19-9-5-4-8-17(19)2/h4-14H,3,15-16H2,1-2H3/b24-14-. The van der Waals surface area contributed by atoms with Crippen molar-refractivity contribution in [1.29, 1.82) is 0 Å². The van der Waals surface area contributed by atoms with Crippen LogP contribution in [0.1, 0.15) is 29.2 Å². The molecule has 0 N–H and O–H groups in total. The Morgan fingerprint density at radius 1 is 0.943 bits per heavy atom. The van der Waals surface area contributed by atoms with Gasteiger partial charge in [0.2, 0.25) is 0 Å². The lowest BCUT2D eigenvalue weighted by molar-refractivity contribution is -0.123. The van der Waals surface area contributed by atoms with Crippen molar-refractivity contribution in [3.8, 4) is 11.5 Å². The molecule has 1 saturated heterocycles. The number of amides is 2. The van der Waals surface area contributed by atoms with Gasteiger partial charge in [-0.3, -0.25) is 14.5 Å². The first-order valence-corrected chi connectivity index (χ1v) is 12.6. The van der Waals surface area contributed by atoms with Gasteiger partial charge in [0.15, 0.2) is 11.5 Å². The fourth-order valence-electron chi connectivity index (χ4n) is 3.59. The van der Waals surface area contributed by atoms with Crippen molar-refractivity contribution in [3.05, 3.63) is 97.9 Å². The van der Waals surface area contributed by atoms with E-state index in [-0.39, 0.29) is 24.3 Å². The lowest BCUT2D eigenvalue weighted by atomic mass is 10.1. The highest BCUT2D eigenvalue weighted by molar-refractivity contribution is 8.18. The first-order chi connectivity index (χ1) is 16.9. The lowest BCUT2D eigenvalue weighted by Crippen LogP contribution is -2.27. The number of nitrogens with zero attached hydrogens (tertiary/aromatic N) is 1. The number of benzene rings is 3. The van der Waals surface area contributed by atoms with E-state index in [1.807, 2.05) is 56.3 Å². The van der Waals surface area contributed by atoms with Crippen LogP contribution < -0.4 is 9.47 Å². The molecule has 0 spiro atoms. The molecule has 5 nitrogen and oxygen atoms in total. The molecule has 180 valence electrons. The Morgan fingerprint density at radius 3 is 2.37 bits per heavy atom. The number of hydrogen-bond acceptors (Lipinski definition) is 5. The summed E-state index contributed by atoms with van der Waals surface area (Å²) in [6.45, 7) is 4.66. The van der Waals surface area contributed by atoms with Crippen molar-refractivity contribution in [1.82, 2.24) is 4.90 Å². The summed E-state index contributed by atoms with van der Waals surface area (Å²) < 4.78 is 11.7. The Morgan fingerprint density at radius 2 is 1.66 bits per heavy atom. The second kappa shape index (κ2) is 11.2. The van der Waals surface area contributed by atoms with Crippen LogP contribution in [-0.2, 0) is 17.9 Å². The van der Waals surface area contributed by atoms with Crippen LogP contribution in [0.25, 0.3) is 6.08 Å². The molecule has 0 aliphatic carbocycles. The van der Waals surface area contributed by atoms with Crippen LogP contribution >= 0.6 is 35.0 Å². The topological polar surface area (TPSA) is 55.8 Å². The van der Waals surface area contributed by atoms with Gasteiger partial charge < -0.3 is 9.47 Å². The Balaban J connectivity index is 1.57. The molecule has 1 aliphatic rings. The maximum absolute atomic E-state index is 13.0. The molecule has 1 aliphatic heterocycles. The van der Waals surface area contributed by atoms with Crippen LogP contribution in [0.2, 0.25) is 10.0 Å². The largest absolute Gasteiger partial charge is 0.490 e. The van der Waals surface area contributed by atoms with E-state index in [4.69, 9.17) is 32.7 Å². The number of imide groups is 1. The van der Waals surface area contributed by atoms with Gasteiger partial charge >= 0.3 is 0 Å². The Kier molecular flexibility index (Phi) is 8.06. The van der Waals surface area contributed by atoms with Crippen molar-refractivity contribution in [2.45, 2.75) is 27.0 Å². The minimum Gasteiger partial charge on any atom is -0.490 e. The first kappa shape index (κ1) is 25.2. The fraction of sp³-hybridized carbons (Fsp3) is 0.185. The molecule has 8 heteroatoms. The maximum atomic E-state index is 13.0. The zero-order valence-corrected chi connectivity index (χ0v) is 21.5. The highest BCUT2D eigenvalue weighted by Gasteiger charge is 2.35. The minimum absolute atomic E-state index is 0.219. The third-order valence-corrected chi connectivity index (χ3v) is 6.98. The molecular weight excluding hydrogens is 505 g/mol. The van der Waals surface area contributed by atoms with Crippen LogP contribution in [0.4, 0.5) is 4.79 Å². The SMILES string of the molecule is CCOc1cc(/C=C2\SC(=O)N(Cc3ccccc3C)C2=O)cc(Cl)c1OCc1ccccc1Cl. The quantitative estimate of drug-likeness (QED) is 0.283. The summed E-state index contributed by atoms with van der Waals surface area (Å²) in [7, 11) is 0. The summed E-state index contributed by atoms with van der Waals surface area (Å²) in [4.78, 5) is 27.2. The van der Waals surface area contributed by atoms with E-state index in [2.05, 4.69) is 0 Å². The number of thioether (sulfide) groups is 1. The third kappa shape index (κ3) is 5.84. The minimum atomic E-state index is -0.337. The molecular formula is C27H23Cl2NO4S. The monoisotopic (exact) mass is 527 g/mol. The van der Waals surface area contributed by atoms with Crippen LogP contribution in [0, 0.1) is 6.92 Å². The lowest BCUT2D eigenvalue weighted by Gasteiger charge is -2.15. The Labute approximate surface area is 218 Å². The molecule has 1 fully saturated rings. The molecule has 0 unspecified atom stereocenters. The number of hydrogen-bond donors (Lipinski definition) is 0. The molecule has 3 aromatic rings. The predicted octanol–water partition coefficient (Wildman–Crippen LogP) is 7.52. The van der Waals surface area contributed by atoms with Gasteiger partial charge in [-0.25, -0.2) is 0 Å². The first-order valence-electron chi connectivity index (χ1n) is 11.0. The van der Waals surface area contributed by atoms with E-state index in [9.17, 15) is 9.59 Å². The third-order valence-electron chi connectivity index (χ3n) is 5.42. The van der Waals surface area contributed by atoms with Crippen molar-refractivity contribution in [3.63, 3.8) is 0 Å². The second-order valence-corrected chi connectivity index (χ2v) is 9.65. The van der Waals surface area contributed by atoms with Crippen LogP contribution in [-0.4, -0.2) is 22.7 Å². The van der Waals surface area contributed by atoms with E-state index in [0.717, 1.165) is 28.5 Å². The number of aryl methyl sites for hydroxylation is 1. The Hall–Kier alpha value is -2.93. The summed E-state index contributed by atoms with van der Waals surface area (Å²) in [6.07, 6.45) is 1.65. The van der Waals surface area contributed by atoms with Crippen molar-refractivity contribution >= 4 is 52.2 Å². The zero-order valence-electron chi connectivity index (χ0n) is 19.2. The van der Waals surface area contributed by atoms with Gasteiger partial charge in [-0.05, 0) is 66.6 Å².